The topological polar surface area (TPSA) is 59.1 Å². The van der Waals surface area contributed by atoms with Crippen molar-refractivity contribution in [1.82, 2.24) is 9.80 Å². The summed E-state index contributed by atoms with van der Waals surface area (Å²) >= 11 is 1.60. The lowest BCUT2D eigenvalue weighted by molar-refractivity contribution is -0.140. The van der Waals surface area contributed by atoms with Gasteiger partial charge < -0.3 is 19.3 Å². The number of methoxy groups -OCH3 is 2. The lowest BCUT2D eigenvalue weighted by Gasteiger charge is -2.27. The molecule has 0 spiro atoms. The Kier molecular flexibility index (Phi) is 10.3. The number of halogens is 1. The molecule has 0 aliphatic rings. The van der Waals surface area contributed by atoms with Crippen LogP contribution in [0.2, 0.25) is 0 Å². The molecule has 1 heterocycles. The predicted octanol–water partition coefficient (Wildman–Crippen LogP) is 4.96. The Bertz CT molecular complexity index is 1120. The molecule has 0 N–H and O–H groups in total. The Morgan fingerprint density at radius 1 is 0.889 bits per heavy atom. The molecule has 2 aromatic carbocycles. The van der Waals surface area contributed by atoms with Crippen LogP contribution in [-0.4, -0.2) is 55.5 Å². The molecule has 3 aromatic rings. The molecule has 8 heteroatoms. The van der Waals surface area contributed by atoms with Crippen molar-refractivity contribution in [1.29, 1.82) is 0 Å². The van der Waals surface area contributed by atoms with Gasteiger partial charge in [-0.1, -0.05) is 31.2 Å². The molecule has 6 nitrogen and oxygen atoms in total. The highest BCUT2D eigenvalue weighted by Gasteiger charge is 2.22. The van der Waals surface area contributed by atoms with Crippen LogP contribution >= 0.6 is 11.3 Å². The van der Waals surface area contributed by atoms with E-state index < -0.39 is 0 Å². The summed E-state index contributed by atoms with van der Waals surface area (Å²) < 4.78 is 24.0. The Hall–Kier alpha value is -3.39. The summed E-state index contributed by atoms with van der Waals surface area (Å²) in [6, 6.07) is 15.6. The van der Waals surface area contributed by atoms with Crippen molar-refractivity contribution in [3.05, 3.63) is 81.8 Å². The highest BCUT2D eigenvalue weighted by atomic mass is 32.1. The number of carbonyl (C=O) groups is 2. The third-order valence-corrected chi connectivity index (χ3v) is 6.70. The average molecular weight is 513 g/mol. The van der Waals surface area contributed by atoms with Crippen molar-refractivity contribution in [2.75, 3.05) is 33.9 Å². The molecule has 36 heavy (non-hydrogen) atoms. The van der Waals surface area contributed by atoms with E-state index in [2.05, 4.69) is 0 Å². The first kappa shape index (κ1) is 27.2. The molecule has 0 bridgehead atoms. The molecule has 0 aliphatic heterocycles. The average Bonchev–Trinajstić information content (AvgIpc) is 3.40. The van der Waals surface area contributed by atoms with Gasteiger partial charge >= 0.3 is 0 Å². The van der Waals surface area contributed by atoms with Crippen LogP contribution in [0.4, 0.5) is 4.39 Å². The maximum atomic E-state index is 13.4. The molecular formula is C28H33FN2O4S. The first-order valence-corrected chi connectivity index (χ1v) is 12.8. The van der Waals surface area contributed by atoms with Crippen molar-refractivity contribution in [3.63, 3.8) is 0 Å². The van der Waals surface area contributed by atoms with Crippen LogP contribution in [-0.2, 0) is 29.0 Å². The number of carbonyl (C=O) groups excluding carboxylic acids is 2. The summed E-state index contributed by atoms with van der Waals surface area (Å²) in [6.45, 7) is 3.44. The van der Waals surface area contributed by atoms with Gasteiger partial charge in [0, 0.05) is 18.0 Å². The van der Waals surface area contributed by atoms with E-state index in [-0.39, 0.29) is 30.6 Å². The first-order valence-electron chi connectivity index (χ1n) is 12.0. The van der Waals surface area contributed by atoms with Crippen LogP contribution in [0.3, 0.4) is 0 Å². The lowest BCUT2D eigenvalue weighted by atomic mass is 10.1. The van der Waals surface area contributed by atoms with Crippen LogP contribution in [0.5, 0.6) is 11.5 Å². The number of nitrogens with zero attached hydrogens (tertiary/aromatic N) is 2. The smallest absolute Gasteiger partial charge is 0.242 e. The second kappa shape index (κ2) is 13.6. The second-order valence-corrected chi connectivity index (χ2v) is 9.48. The highest BCUT2D eigenvalue weighted by Crippen LogP contribution is 2.28. The standard InChI is InChI=1S/C28H33FN2O4S/c1-4-14-30(27(32)18-21-7-10-23(29)11-8-21)20-28(33)31(19-24-6-5-16-36-24)15-13-22-9-12-25(34-2)26(17-22)35-3/h5-12,16-17H,4,13-15,18-20H2,1-3H3. The Morgan fingerprint density at radius 2 is 1.61 bits per heavy atom. The van der Waals surface area contributed by atoms with Gasteiger partial charge in [-0.05, 0) is 59.7 Å². The largest absolute Gasteiger partial charge is 0.493 e. The van der Waals surface area contributed by atoms with Gasteiger partial charge in [0.1, 0.15) is 5.82 Å². The van der Waals surface area contributed by atoms with E-state index in [1.807, 2.05) is 42.6 Å². The van der Waals surface area contributed by atoms with E-state index in [0.717, 1.165) is 22.4 Å². The zero-order valence-corrected chi connectivity index (χ0v) is 21.9. The van der Waals surface area contributed by atoms with Gasteiger partial charge in [-0.2, -0.15) is 0 Å². The van der Waals surface area contributed by atoms with Gasteiger partial charge in [0.15, 0.2) is 11.5 Å². The molecule has 0 saturated heterocycles. The summed E-state index contributed by atoms with van der Waals surface area (Å²) in [5.41, 5.74) is 1.74. The zero-order chi connectivity index (χ0) is 25.9. The predicted molar refractivity (Wildman–Crippen MR) is 140 cm³/mol. The van der Waals surface area contributed by atoms with E-state index in [9.17, 15) is 14.0 Å². The van der Waals surface area contributed by atoms with Crippen molar-refractivity contribution >= 4 is 23.2 Å². The quantitative estimate of drug-likeness (QED) is 0.325. The van der Waals surface area contributed by atoms with Crippen molar-refractivity contribution in [3.8, 4) is 11.5 Å². The molecule has 2 amide bonds. The van der Waals surface area contributed by atoms with Crippen LogP contribution in [0.1, 0.15) is 29.3 Å². The van der Waals surface area contributed by atoms with Gasteiger partial charge in [-0.25, -0.2) is 4.39 Å². The maximum absolute atomic E-state index is 13.4. The van der Waals surface area contributed by atoms with Crippen LogP contribution in [0.15, 0.2) is 60.0 Å². The summed E-state index contributed by atoms with van der Waals surface area (Å²) in [5.74, 6) is 0.706. The fourth-order valence-corrected chi connectivity index (χ4v) is 4.62. The molecule has 0 atom stereocenters. The SMILES string of the molecule is CCCN(CC(=O)N(CCc1ccc(OC)c(OC)c1)Cc1cccs1)C(=O)Cc1ccc(F)cc1. The number of hydrogen-bond acceptors (Lipinski definition) is 5. The molecular weight excluding hydrogens is 479 g/mol. The number of ether oxygens (including phenoxy) is 2. The van der Waals surface area contributed by atoms with E-state index in [4.69, 9.17) is 9.47 Å². The van der Waals surface area contributed by atoms with E-state index >= 15 is 0 Å². The van der Waals surface area contributed by atoms with Crippen LogP contribution in [0.25, 0.3) is 0 Å². The third-order valence-electron chi connectivity index (χ3n) is 5.84. The molecule has 0 aliphatic carbocycles. The minimum Gasteiger partial charge on any atom is -0.493 e. The molecule has 0 fully saturated rings. The van der Waals surface area contributed by atoms with Crippen molar-refractivity contribution in [2.45, 2.75) is 32.7 Å². The van der Waals surface area contributed by atoms with Crippen LogP contribution < -0.4 is 9.47 Å². The van der Waals surface area contributed by atoms with Gasteiger partial charge in [-0.15, -0.1) is 11.3 Å². The second-order valence-electron chi connectivity index (χ2n) is 8.45. The van der Waals surface area contributed by atoms with Gasteiger partial charge in [-0.3, -0.25) is 9.59 Å². The van der Waals surface area contributed by atoms with Crippen molar-refractivity contribution in [2.24, 2.45) is 0 Å². The molecule has 1 aromatic heterocycles. The molecule has 0 radical (unpaired) electrons. The van der Waals surface area contributed by atoms with Gasteiger partial charge in [0.05, 0.1) is 33.7 Å². The number of benzene rings is 2. The van der Waals surface area contributed by atoms with E-state index in [0.29, 0.717) is 37.6 Å². The maximum Gasteiger partial charge on any atom is 0.242 e. The lowest BCUT2D eigenvalue weighted by Crippen LogP contribution is -2.44. The van der Waals surface area contributed by atoms with E-state index in [1.165, 1.54) is 12.1 Å². The summed E-state index contributed by atoms with van der Waals surface area (Å²) in [6.07, 6.45) is 1.50. The minimum atomic E-state index is -0.342. The monoisotopic (exact) mass is 512 g/mol. The number of thiophene rings is 1. The Labute approximate surface area is 216 Å². The molecule has 3 rings (SSSR count). The highest BCUT2D eigenvalue weighted by molar-refractivity contribution is 7.09. The number of hydrogen-bond donors (Lipinski definition) is 0. The third kappa shape index (κ3) is 7.81. The molecule has 0 unspecified atom stereocenters. The Balaban J connectivity index is 1.71. The number of rotatable bonds is 13. The van der Waals surface area contributed by atoms with Gasteiger partial charge in [0.2, 0.25) is 11.8 Å². The summed E-state index contributed by atoms with van der Waals surface area (Å²) in [7, 11) is 3.19. The normalized spacial score (nSPS) is 10.7. The fourth-order valence-electron chi connectivity index (χ4n) is 3.90. The minimum absolute atomic E-state index is 0.00514. The van der Waals surface area contributed by atoms with Crippen molar-refractivity contribution < 1.29 is 23.5 Å². The summed E-state index contributed by atoms with van der Waals surface area (Å²) in [5, 5.41) is 1.99. The van der Waals surface area contributed by atoms with E-state index in [1.54, 1.807) is 47.5 Å². The van der Waals surface area contributed by atoms with Gasteiger partial charge in [0.25, 0.3) is 0 Å². The first-order chi connectivity index (χ1) is 17.4. The summed E-state index contributed by atoms with van der Waals surface area (Å²) in [4.78, 5) is 30.9. The molecule has 192 valence electrons. The Morgan fingerprint density at radius 3 is 2.25 bits per heavy atom. The zero-order valence-electron chi connectivity index (χ0n) is 21.0. The fraction of sp³-hybridized carbons (Fsp3) is 0.357. The number of amides is 2. The van der Waals surface area contributed by atoms with Crippen LogP contribution in [0, 0.1) is 5.82 Å². The molecule has 0 saturated carbocycles.